The molecule has 2 aromatic carbocycles. The number of rotatable bonds is 7. The van der Waals surface area contributed by atoms with Gasteiger partial charge in [-0.3, -0.25) is 9.69 Å². The van der Waals surface area contributed by atoms with Gasteiger partial charge in [0, 0.05) is 19.6 Å². The van der Waals surface area contributed by atoms with E-state index in [1.54, 1.807) is 18.2 Å². The summed E-state index contributed by atoms with van der Waals surface area (Å²) in [4.78, 5) is 15.1. The number of hydrogen-bond acceptors (Lipinski definition) is 4. The van der Waals surface area contributed by atoms with Gasteiger partial charge in [0.1, 0.15) is 11.5 Å². The summed E-state index contributed by atoms with van der Waals surface area (Å²) in [5.74, 6) is 1.84. The molecule has 0 aromatic heterocycles. The first-order chi connectivity index (χ1) is 13.3. The quantitative estimate of drug-likeness (QED) is 0.678. The van der Waals surface area contributed by atoms with E-state index in [-0.39, 0.29) is 11.5 Å². The fourth-order valence-corrected chi connectivity index (χ4v) is 3.61. The molecule has 3 rings (SSSR count). The summed E-state index contributed by atoms with van der Waals surface area (Å²) in [5, 5.41) is 10.5. The normalized spacial score (nSPS) is 15.0. The Morgan fingerprint density at radius 2 is 1.64 bits per heavy atom. The van der Waals surface area contributed by atoms with Gasteiger partial charge >= 0.3 is 0 Å². The lowest BCUT2D eigenvalue weighted by atomic mass is 10.0. The average Bonchev–Trinajstić information content (AvgIpc) is 2.93. The van der Waals surface area contributed by atoms with Crippen molar-refractivity contribution in [2.24, 2.45) is 11.8 Å². The van der Waals surface area contributed by atoms with E-state index in [1.807, 2.05) is 30.3 Å². The molecular formula is C24H29NO3. The number of nitrogens with zero attached hydrogens (tertiary/aromatic N) is 1. The highest BCUT2D eigenvalue weighted by Crippen LogP contribution is 2.40. The van der Waals surface area contributed by atoms with Crippen molar-refractivity contribution in [3.63, 3.8) is 0 Å². The van der Waals surface area contributed by atoms with E-state index in [2.05, 4.69) is 32.6 Å². The maximum atomic E-state index is 12.8. The van der Waals surface area contributed by atoms with Crippen LogP contribution in [0.25, 0.3) is 6.08 Å². The van der Waals surface area contributed by atoms with E-state index >= 15 is 0 Å². The molecule has 1 N–H and O–H groups in total. The Balaban J connectivity index is 1.92. The molecule has 0 bridgehead atoms. The van der Waals surface area contributed by atoms with Crippen molar-refractivity contribution < 1.29 is 14.6 Å². The summed E-state index contributed by atoms with van der Waals surface area (Å²) in [6.07, 6.45) is 1.75. The number of aromatic hydroxyl groups is 1. The van der Waals surface area contributed by atoms with Crippen LogP contribution >= 0.6 is 0 Å². The van der Waals surface area contributed by atoms with Gasteiger partial charge in [0.05, 0.1) is 11.1 Å². The van der Waals surface area contributed by atoms with Gasteiger partial charge in [0.2, 0.25) is 5.78 Å². The van der Waals surface area contributed by atoms with Crippen LogP contribution in [0.3, 0.4) is 0 Å². The third-order valence-corrected chi connectivity index (χ3v) is 4.64. The summed E-state index contributed by atoms with van der Waals surface area (Å²) in [6.45, 7) is 11.1. The van der Waals surface area contributed by atoms with Crippen LogP contribution < -0.4 is 4.74 Å². The molecule has 0 saturated heterocycles. The summed E-state index contributed by atoms with van der Waals surface area (Å²) in [6, 6.07) is 12.9. The van der Waals surface area contributed by atoms with Crippen molar-refractivity contribution in [1.29, 1.82) is 0 Å². The monoisotopic (exact) mass is 379 g/mol. The lowest BCUT2D eigenvalue weighted by Crippen LogP contribution is -2.31. The van der Waals surface area contributed by atoms with E-state index in [0.29, 0.717) is 41.0 Å². The van der Waals surface area contributed by atoms with Gasteiger partial charge in [0.15, 0.2) is 5.76 Å². The Labute approximate surface area is 167 Å². The van der Waals surface area contributed by atoms with E-state index in [0.717, 1.165) is 18.7 Å². The minimum absolute atomic E-state index is 0.139. The largest absolute Gasteiger partial charge is 0.507 e. The number of ether oxygens (including phenoxy) is 1. The van der Waals surface area contributed by atoms with Crippen molar-refractivity contribution in [1.82, 2.24) is 4.90 Å². The molecule has 0 radical (unpaired) electrons. The van der Waals surface area contributed by atoms with Gasteiger partial charge in [-0.2, -0.15) is 0 Å². The van der Waals surface area contributed by atoms with Crippen molar-refractivity contribution >= 4 is 11.9 Å². The zero-order valence-corrected chi connectivity index (χ0v) is 17.1. The topological polar surface area (TPSA) is 49.8 Å². The summed E-state index contributed by atoms with van der Waals surface area (Å²) >= 11 is 0. The van der Waals surface area contributed by atoms with Gasteiger partial charge in [-0.1, -0.05) is 58.0 Å². The number of phenolic OH excluding ortho intramolecular Hbond substituents is 1. The first kappa shape index (κ1) is 20.2. The van der Waals surface area contributed by atoms with Crippen LogP contribution in [0, 0.1) is 11.8 Å². The second-order valence-electron chi connectivity index (χ2n) is 8.27. The van der Waals surface area contributed by atoms with Gasteiger partial charge < -0.3 is 9.84 Å². The average molecular weight is 380 g/mol. The lowest BCUT2D eigenvalue weighted by Gasteiger charge is -2.27. The van der Waals surface area contributed by atoms with Crippen LogP contribution in [0.1, 0.15) is 49.2 Å². The van der Waals surface area contributed by atoms with E-state index in [4.69, 9.17) is 4.74 Å². The number of fused-ring (bicyclic) bond motifs is 1. The minimum Gasteiger partial charge on any atom is -0.507 e. The van der Waals surface area contributed by atoms with Crippen LogP contribution in [0.4, 0.5) is 0 Å². The summed E-state index contributed by atoms with van der Waals surface area (Å²) < 4.78 is 5.97. The molecule has 2 aromatic rings. The first-order valence-corrected chi connectivity index (χ1v) is 9.91. The Kier molecular flexibility index (Phi) is 6.20. The maximum Gasteiger partial charge on any atom is 0.231 e. The summed E-state index contributed by atoms with van der Waals surface area (Å²) in [7, 11) is 0. The van der Waals surface area contributed by atoms with Gasteiger partial charge in [0.25, 0.3) is 0 Å². The maximum absolute atomic E-state index is 12.8. The molecule has 28 heavy (non-hydrogen) atoms. The van der Waals surface area contributed by atoms with Crippen molar-refractivity contribution in [3.05, 3.63) is 64.9 Å². The third kappa shape index (κ3) is 4.63. The molecule has 0 fully saturated rings. The fourth-order valence-electron chi connectivity index (χ4n) is 3.61. The Hall–Kier alpha value is -2.59. The second kappa shape index (κ2) is 8.61. The molecule has 0 atom stereocenters. The molecule has 0 amide bonds. The smallest absolute Gasteiger partial charge is 0.231 e. The van der Waals surface area contributed by atoms with E-state index < -0.39 is 0 Å². The van der Waals surface area contributed by atoms with Gasteiger partial charge in [-0.15, -0.1) is 0 Å². The molecule has 0 saturated carbocycles. The van der Waals surface area contributed by atoms with Crippen molar-refractivity contribution in [3.8, 4) is 11.5 Å². The number of ketones is 1. The molecule has 4 nitrogen and oxygen atoms in total. The molecule has 4 heteroatoms. The van der Waals surface area contributed by atoms with Gasteiger partial charge in [-0.05, 0) is 35.6 Å². The highest BCUT2D eigenvalue weighted by atomic mass is 16.5. The molecule has 0 spiro atoms. The van der Waals surface area contributed by atoms with Crippen LogP contribution in [-0.4, -0.2) is 28.9 Å². The predicted molar refractivity (Wildman–Crippen MR) is 112 cm³/mol. The van der Waals surface area contributed by atoms with Crippen LogP contribution in [0.5, 0.6) is 11.5 Å². The zero-order chi connectivity index (χ0) is 20.3. The lowest BCUT2D eigenvalue weighted by molar-refractivity contribution is 0.101. The first-order valence-electron chi connectivity index (χ1n) is 9.91. The Morgan fingerprint density at radius 1 is 1.00 bits per heavy atom. The van der Waals surface area contributed by atoms with Crippen molar-refractivity contribution in [2.75, 3.05) is 13.1 Å². The molecule has 1 aliphatic rings. The number of Topliss-reactive ketones (excluding diaryl/α,β-unsaturated/α-hetero) is 1. The SMILES string of the molecule is CC(C)CN(Cc1c(O)ccc2c1O/C(=C/c1ccccc1)C2=O)CC(C)C. The minimum atomic E-state index is -0.139. The predicted octanol–water partition coefficient (Wildman–Crippen LogP) is 5.12. The Bertz CT molecular complexity index is 859. The molecule has 0 aliphatic carbocycles. The van der Waals surface area contributed by atoms with Crippen molar-refractivity contribution in [2.45, 2.75) is 34.2 Å². The number of allylic oxidation sites excluding steroid dienone is 1. The number of benzene rings is 2. The molecule has 148 valence electrons. The van der Waals surface area contributed by atoms with Crippen LogP contribution in [0.15, 0.2) is 48.2 Å². The fraction of sp³-hybridized carbons (Fsp3) is 0.375. The summed E-state index contributed by atoms with van der Waals surface area (Å²) in [5.41, 5.74) is 2.11. The molecule has 0 unspecified atom stereocenters. The van der Waals surface area contributed by atoms with E-state index in [1.165, 1.54) is 0 Å². The number of phenols is 1. The van der Waals surface area contributed by atoms with E-state index in [9.17, 15) is 9.90 Å². The van der Waals surface area contributed by atoms with Crippen LogP contribution in [0.2, 0.25) is 0 Å². The zero-order valence-electron chi connectivity index (χ0n) is 17.1. The number of hydrogen-bond donors (Lipinski definition) is 1. The molecule has 1 heterocycles. The molecular weight excluding hydrogens is 350 g/mol. The standard InChI is InChI=1S/C24H29NO3/c1-16(2)13-25(14-17(3)4)15-20-21(26)11-10-19-23(27)22(28-24(19)20)12-18-8-6-5-7-9-18/h5-12,16-17,26H,13-15H2,1-4H3/b22-12+. The Morgan fingerprint density at radius 3 is 2.25 bits per heavy atom. The number of carbonyl (C=O) groups is 1. The van der Waals surface area contributed by atoms with Crippen LogP contribution in [-0.2, 0) is 6.54 Å². The molecule has 1 aliphatic heterocycles. The highest BCUT2D eigenvalue weighted by Gasteiger charge is 2.31. The number of carbonyl (C=O) groups excluding carboxylic acids is 1. The highest BCUT2D eigenvalue weighted by molar-refractivity contribution is 6.15. The second-order valence-corrected chi connectivity index (χ2v) is 8.27. The third-order valence-electron chi connectivity index (χ3n) is 4.64. The van der Waals surface area contributed by atoms with Gasteiger partial charge in [-0.25, -0.2) is 0 Å².